The van der Waals surface area contributed by atoms with Crippen molar-refractivity contribution in [3.63, 3.8) is 0 Å². The Balaban J connectivity index is 1.23. The minimum Gasteiger partial charge on any atom is -0.487 e. The van der Waals surface area contributed by atoms with Crippen LogP contribution in [-0.4, -0.2) is 40.6 Å². The minimum atomic E-state index is -0.206. The summed E-state index contributed by atoms with van der Waals surface area (Å²) >= 11 is 1.74. The van der Waals surface area contributed by atoms with Crippen molar-refractivity contribution in [2.24, 2.45) is 0 Å². The van der Waals surface area contributed by atoms with Gasteiger partial charge in [-0.05, 0) is 47.9 Å². The first-order valence-corrected chi connectivity index (χ1v) is 13.0. The first-order valence-electron chi connectivity index (χ1n) is 11.8. The number of ether oxygens (including phenoxy) is 2. The Labute approximate surface area is 215 Å². The molecule has 36 heavy (non-hydrogen) atoms. The normalized spacial score (nSPS) is 15.7. The van der Waals surface area contributed by atoms with E-state index in [-0.39, 0.29) is 12.0 Å². The summed E-state index contributed by atoms with van der Waals surface area (Å²) in [6.45, 7) is 2.88. The molecule has 7 heteroatoms. The monoisotopic (exact) mass is 500 g/mol. The van der Waals surface area contributed by atoms with Gasteiger partial charge < -0.3 is 13.9 Å². The summed E-state index contributed by atoms with van der Waals surface area (Å²) in [5.41, 5.74) is 5.10. The minimum absolute atomic E-state index is 0.181. The number of hydrogen-bond acceptors (Lipinski definition) is 7. The molecule has 0 aliphatic carbocycles. The molecule has 3 aromatic carbocycles. The van der Waals surface area contributed by atoms with Crippen LogP contribution in [0, 0.1) is 6.92 Å². The second-order valence-corrected chi connectivity index (χ2v) is 9.69. The summed E-state index contributed by atoms with van der Waals surface area (Å²) in [6.07, 6.45) is 0. The van der Waals surface area contributed by atoms with Gasteiger partial charge in [-0.15, -0.1) is 11.8 Å². The van der Waals surface area contributed by atoms with Crippen LogP contribution in [-0.2, 0) is 22.7 Å². The smallest absolute Gasteiger partial charge is 0.323 e. The molecule has 2 heterocycles. The number of hydrogen-bond donors (Lipinski definition) is 0. The van der Waals surface area contributed by atoms with Crippen molar-refractivity contribution < 1.29 is 18.7 Å². The fourth-order valence-corrected chi connectivity index (χ4v) is 5.41. The zero-order valence-electron chi connectivity index (χ0n) is 20.3. The molecule has 1 atom stereocenters. The van der Waals surface area contributed by atoms with E-state index in [1.165, 1.54) is 12.7 Å². The Hall–Kier alpha value is -3.55. The highest BCUT2D eigenvalue weighted by atomic mass is 32.2. The lowest BCUT2D eigenvalue weighted by Gasteiger charge is -2.21. The predicted molar refractivity (Wildman–Crippen MR) is 142 cm³/mol. The van der Waals surface area contributed by atoms with Gasteiger partial charge in [0, 0.05) is 23.7 Å². The zero-order valence-corrected chi connectivity index (χ0v) is 21.2. The number of nitrogens with zero attached hydrogens (tertiary/aromatic N) is 2. The average Bonchev–Trinajstić information content (AvgIpc) is 3.54. The number of aromatic nitrogens is 1. The average molecular weight is 501 g/mol. The number of methoxy groups -OCH3 is 1. The van der Waals surface area contributed by atoms with Gasteiger partial charge in [-0.2, -0.15) is 0 Å². The summed E-state index contributed by atoms with van der Waals surface area (Å²) in [6, 6.07) is 26.2. The van der Waals surface area contributed by atoms with Gasteiger partial charge in [-0.25, -0.2) is 4.98 Å². The van der Waals surface area contributed by atoms with E-state index in [9.17, 15) is 4.79 Å². The fraction of sp³-hybridized carbons (Fsp3) is 0.241. The molecular weight excluding hydrogens is 472 g/mol. The highest BCUT2D eigenvalue weighted by molar-refractivity contribution is 7.99. The van der Waals surface area contributed by atoms with E-state index in [1.807, 2.05) is 61.5 Å². The molecule has 1 aliphatic heterocycles. The van der Waals surface area contributed by atoms with Crippen LogP contribution in [0.2, 0.25) is 0 Å². The molecule has 0 saturated carbocycles. The molecule has 0 radical (unpaired) electrons. The number of rotatable bonds is 8. The molecule has 0 bridgehead atoms. The number of carbonyl (C=O) groups is 1. The van der Waals surface area contributed by atoms with Gasteiger partial charge in [0.1, 0.15) is 29.9 Å². The van der Waals surface area contributed by atoms with Crippen molar-refractivity contribution in [3.8, 4) is 28.3 Å². The van der Waals surface area contributed by atoms with Gasteiger partial charge in [0.15, 0.2) is 0 Å². The zero-order chi connectivity index (χ0) is 24.9. The Morgan fingerprint density at radius 3 is 2.56 bits per heavy atom. The number of esters is 1. The molecule has 0 amide bonds. The van der Waals surface area contributed by atoms with Gasteiger partial charge in [0.05, 0.1) is 7.11 Å². The molecule has 6 nitrogen and oxygen atoms in total. The molecule has 5 rings (SSSR count). The van der Waals surface area contributed by atoms with Crippen LogP contribution in [0.1, 0.15) is 17.0 Å². The predicted octanol–water partition coefficient (Wildman–Crippen LogP) is 5.94. The standard InChI is InChI=1S/C29H28N2O4S/c1-20-26(30-28(35-20)24-13-11-23(12-14-24)22-8-4-3-5-9-22)17-34-25-10-6-7-21(15-25)16-31-19-36-18-27(31)29(32)33-2/h3-15,27H,16-19H2,1-2H3. The van der Waals surface area contributed by atoms with Crippen LogP contribution in [0.25, 0.3) is 22.6 Å². The number of thioether (sulfide) groups is 1. The SMILES string of the molecule is COC(=O)C1CSCN1Cc1cccc(OCc2nc(-c3ccc(-c4ccccc4)cc3)oc2C)c1. The van der Waals surface area contributed by atoms with Crippen LogP contribution in [0.5, 0.6) is 5.75 Å². The van der Waals surface area contributed by atoms with Gasteiger partial charge in [0.2, 0.25) is 5.89 Å². The van der Waals surface area contributed by atoms with E-state index in [4.69, 9.17) is 13.9 Å². The maximum Gasteiger partial charge on any atom is 0.323 e. The van der Waals surface area contributed by atoms with Gasteiger partial charge in [-0.3, -0.25) is 9.69 Å². The van der Waals surface area contributed by atoms with E-state index >= 15 is 0 Å². The van der Waals surface area contributed by atoms with Crippen molar-refractivity contribution in [1.82, 2.24) is 9.88 Å². The summed E-state index contributed by atoms with van der Waals surface area (Å²) in [5, 5.41) is 0. The highest BCUT2D eigenvalue weighted by Gasteiger charge is 2.31. The third-order valence-corrected chi connectivity index (χ3v) is 7.30. The summed E-state index contributed by atoms with van der Waals surface area (Å²) < 4.78 is 17.0. The summed E-state index contributed by atoms with van der Waals surface area (Å²) in [7, 11) is 1.44. The molecule has 4 aromatic rings. The third kappa shape index (κ3) is 5.48. The van der Waals surface area contributed by atoms with Crippen molar-refractivity contribution >= 4 is 17.7 Å². The lowest BCUT2D eigenvalue weighted by atomic mass is 10.0. The fourth-order valence-electron chi connectivity index (χ4n) is 4.23. The molecular formula is C29H28N2O4S. The van der Waals surface area contributed by atoms with E-state index in [1.54, 1.807) is 11.8 Å². The van der Waals surface area contributed by atoms with E-state index < -0.39 is 0 Å². The van der Waals surface area contributed by atoms with E-state index in [0.717, 1.165) is 45.5 Å². The second kappa shape index (κ2) is 11.0. The van der Waals surface area contributed by atoms with Crippen LogP contribution < -0.4 is 4.74 Å². The lowest BCUT2D eigenvalue weighted by molar-refractivity contribution is -0.145. The van der Waals surface area contributed by atoms with E-state index in [0.29, 0.717) is 19.0 Å². The Morgan fingerprint density at radius 2 is 1.78 bits per heavy atom. The van der Waals surface area contributed by atoms with Crippen LogP contribution in [0.15, 0.2) is 83.3 Å². The maximum absolute atomic E-state index is 12.0. The number of benzene rings is 3. The molecule has 1 fully saturated rings. The highest BCUT2D eigenvalue weighted by Crippen LogP contribution is 2.28. The van der Waals surface area contributed by atoms with Gasteiger partial charge in [0.25, 0.3) is 0 Å². The van der Waals surface area contributed by atoms with Crippen molar-refractivity contribution in [1.29, 1.82) is 0 Å². The lowest BCUT2D eigenvalue weighted by Crippen LogP contribution is -2.38. The number of aryl methyl sites for hydroxylation is 1. The van der Waals surface area contributed by atoms with E-state index in [2.05, 4.69) is 34.1 Å². The molecule has 1 aliphatic rings. The van der Waals surface area contributed by atoms with Crippen molar-refractivity contribution in [3.05, 3.63) is 95.9 Å². The van der Waals surface area contributed by atoms with Crippen LogP contribution in [0.3, 0.4) is 0 Å². The Bertz CT molecular complexity index is 1320. The topological polar surface area (TPSA) is 64.8 Å². The van der Waals surface area contributed by atoms with Gasteiger partial charge in [-0.1, -0.05) is 54.6 Å². The largest absolute Gasteiger partial charge is 0.487 e. The second-order valence-electron chi connectivity index (χ2n) is 8.69. The molecule has 184 valence electrons. The summed E-state index contributed by atoms with van der Waals surface area (Å²) in [5.74, 6) is 3.46. The van der Waals surface area contributed by atoms with Crippen LogP contribution in [0.4, 0.5) is 0 Å². The van der Waals surface area contributed by atoms with Crippen molar-refractivity contribution in [2.75, 3.05) is 18.7 Å². The molecule has 0 spiro atoms. The molecule has 1 unspecified atom stereocenters. The first kappa shape index (κ1) is 24.2. The Kier molecular flexibility index (Phi) is 7.39. The summed E-state index contributed by atoms with van der Waals surface area (Å²) in [4.78, 5) is 18.9. The molecule has 1 aromatic heterocycles. The first-order chi connectivity index (χ1) is 17.6. The quantitative estimate of drug-likeness (QED) is 0.277. The van der Waals surface area contributed by atoms with Crippen LogP contribution >= 0.6 is 11.8 Å². The molecule has 0 N–H and O–H groups in total. The maximum atomic E-state index is 12.0. The third-order valence-electron chi connectivity index (χ3n) is 6.24. The van der Waals surface area contributed by atoms with Gasteiger partial charge >= 0.3 is 5.97 Å². The molecule has 1 saturated heterocycles. The Morgan fingerprint density at radius 1 is 1.03 bits per heavy atom. The number of oxazole rings is 1. The van der Waals surface area contributed by atoms with Crippen molar-refractivity contribution in [2.45, 2.75) is 26.1 Å². The number of carbonyl (C=O) groups excluding carboxylic acids is 1.